The maximum atomic E-state index is 14.3. The molecule has 148 valence electrons. The lowest BCUT2D eigenvalue weighted by Gasteiger charge is -2.13. The van der Waals surface area contributed by atoms with Gasteiger partial charge >= 0.3 is 0 Å². The zero-order valence-corrected chi connectivity index (χ0v) is 16.8. The van der Waals surface area contributed by atoms with Gasteiger partial charge in [-0.15, -0.1) is 11.3 Å². The summed E-state index contributed by atoms with van der Waals surface area (Å²) < 4.78 is 21.2. The Labute approximate surface area is 170 Å². The van der Waals surface area contributed by atoms with E-state index in [9.17, 15) is 9.18 Å². The molecule has 0 radical (unpaired) electrons. The fourth-order valence-electron chi connectivity index (χ4n) is 2.97. The summed E-state index contributed by atoms with van der Waals surface area (Å²) in [5.41, 5.74) is 2.98. The van der Waals surface area contributed by atoms with E-state index in [-0.39, 0.29) is 11.6 Å². The molecular formula is C20H18FN5O2S. The Kier molecular flexibility index (Phi) is 4.89. The maximum absolute atomic E-state index is 14.3. The summed E-state index contributed by atoms with van der Waals surface area (Å²) in [4.78, 5) is 17.1. The van der Waals surface area contributed by atoms with E-state index in [2.05, 4.69) is 20.7 Å². The van der Waals surface area contributed by atoms with Crippen molar-refractivity contribution < 1.29 is 13.9 Å². The van der Waals surface area contributed by atoms with Gasteiger partial charge in [0.1, 0.15) is 17.3 Å². The highest BCUT2D eigenvalue weighted by Gasteiger charge is 2.15. The van der Waals surface area contributed by atoms with Crippen molar-refractivity contribution in [2.75, 3.05) is 19.5 Å². The maximum Gasteiger partial charge on any atom is 0.261 e. The average molecular weight is 411 g/mol. The molecule has 4 rings (SSSR count). The molecule has 3 heterocycles. The van der Waals surface area contributed by atoms with Crippen LogP contribution >= 0.6 is 11.3 Å². The van der Waals surface area contributed by atoms with Gasteiger partial charge in [-0.05, 0) is 31.2 Å². The van der Waals surface area contributed by atoms with Crippen LogP contribution in [0.5, 0.6) is 5.75 Å². The normalized spacial score (nSPS) is 10.9. The molecule has 0 fully saturated rings. The number of thiophene rings is 1. The van der Waals surface area contributed by atoms with Gasteiger partial charge in [0, 0.05) is 17.8 Å². The van der Waals surface area contributed by atoms with Crippen molar-refractivity contribution in [3.05, 3.63) is 58.3 Å². The van der Waals surface area contributed by atoms with E-state index >= 15 is 0 Å². The molecular weight excluding hydrogens is 393 g/mol. The standard InChI is InChI=1S/C20H18FN5O2S/c1-11-15(25-18-14(21)5-4-6-16(18)28-3)7-12-9-23-26(19(12)24-11)13-8-17(29-10-13)20(27)22-2/h4-10,25H,1-3H3,(H,22,27). The van der Waals surface area contributed by atoms with Crippen LogP contribution in [0.3, 0.4) is 0 Å². The number of ether oxygens (including phenoxy) is 1. The SMILES string of the molecule is CNC(=O)c1cc(-n2ncc3cc(Nc4c(F)cccc4OC)c(C)nc32)cs1. The minimum atomic E-state index is -0.417. The summed E-state index contributed by atoms with van der Waals surface area (Å²) in [5.74, 6) is -0.160. The molecule has 3 aromatic heterocycles. The lowest BCUT2D eigenvalue weighted by Crippen LogP contribution is -2.16. The number of halogens is 1. The summed E-state index contributed by atoms with van der Waals surface area (Å²) in [6, 6.07) is 8.27. The molecule has 1 aromatic carbocycles. The number of aryl methyl sites for hydroxylation is 1. The molecule has 0 atom stereocenters. The summed E-state index contributed by atoms with van der Waals surface area (Å²) in [7, 11) is 3.08. The Morgan fingerprint density at radius 1 is 1.31 bits per heavy atom. The highest BCUT2D eigenvalue weighted by Crippen LogP contribution is 2.32. The van der Waals surface area contributed by atoms with Gasteiger partial charge in [0.25, 0.3) is 5.91 Å². The van der Waals surface area contributed by atoms with Crippen molar-refractivity contribution in [3.63, 3.8) is 0 Å². The fraction of sp³-hybridized carbons (Fsp3) is 0.150. The summed E-state index contributed by atoms with van der Waals surface area (Å²) in [6.45, 7) is 1.83. The minimum Gasteiger partial charge on any atom is -0.494 e. The largest absolute Gasteiger partial charge is 0.494 e. The van der Waals surface area contributed by atoms with Crippen LogP contribution in [0.1, 0.15) is 15.4 Å². The number of anilines is 2. The number of nitrogens with zero attached hydrogens (tertiary/aromatic N) is 3. The first-order valence-electron chi connectivity index (χ1n) is 8.77. The van der Waals surface area contributed by atoms with Gasteiger partial charge in [0.15, 0.2) is 5.65 Å². The lowest BCUT2D eigenvalue weighted by atomic mass is 10.2. The number of aromatic nitrogens is 3. The van der Waals surface area contributed by atoms with Gasteiger partial charge < -0.3 is 15.4 Å². The third-order valence-corrected chi connectivity index (χ3v) is 5.39. The van der Waals surface area contributed by atoms with Crippen molar-refractivity contribution in [1.82, 2.24) is 20.1 Å². The van der Waals surface area contributed by atoms with Crippen LogP contribution in [-0.2, 0) is 0 Å². The van der Waals surface area contributed by atoms with Gasteiger partial charge in [-0.2, -0.15) is 5.10 Å². The molecule has 7 nitrogen and oxygen atoms in total. The molecule has 4 aromatic rings. The Balaban J connectivity index is 1.73. The number of benzene rings is 1. The number of rotatable bonds is 5. The predicted molar refractivity (Wildman–Crippen MR) is 111 cm³/mol. The third kappa shape index (κ3) is 3.40. The first-order chi connectivity index (χ1) is 14.0. The first kappa shape index (κ1) is 18.9. The summed E-state index contributed by atoms with van der Waals surface area (Å²) in [5, 5.41) is 12.7. The monoisotopic (exact) mass is 411 g/mol. The molecule has 2 N–H and O–H groups in total. The third-order valence-electron chi connectivity index (χ3n) is 4.47. The van der Waals surface area contributed by atoms with E-state index in [4.69, 9.17) is 4.74 Å². The second kappa shape index (κ2) is 7.51. The molecule has 0 saturated carbocycles. The van der Waals surface area contributed by atoms with E-state index < -0.39 is 5.82 Å². The molecule has 0 unspecified atom stereocenters. The van der Waals surface area contributed by atoms with Crippen molar-refractivity contribution in [2.45, 2.75) is 6.92 Å². The van der Waals surface area contributed by atoms with E-state index in [0.29, 0.717) is 27.7 Å². The van der Waals surface area contributed by atoms with Crippen molar-refractivity contribution in [1.29, 1.82) is 0 Å². The molecule has 0 aliphatic rings. The van der Waals surface area contributed by atoms with E-state index in [0.717, 1.165) is 11.1 Å². The number of carbonyl (C=O) groups excluding carboxylic acids is 1. The Bertz CT molecular complexity index is 1220. The number of para-hydroxylation sites is 1. The average Bonchev–Trinajstić information content (AvgIpc) is 3.36. The number of carbonyl (C=O) groups is 1. The number of hydrogen-bond donors (Lipinski definition) is 2. The quantitative estimate of drug-likeness (QED) is 0.518. The number of hydrogen-bond acceptors (Lipinski definition) is 6. The molecule has 9 heteroatoms. The number of pyridine rings is 1. The predicted octanol–water partition coefficient (Wildman–Crippen LogP) is 4.04. The highest BCUT2D eigenvalue weighted by atomic mass is 32.1. The van der Waals surface area contributed by atoms with Crippen molar-refractivity contribution >= 4 is 39.7 Å². The second-order valence-corrected chi connectivity index (χ2v) is 7.19. The lowest BCUT2D eigenvalue weighted by molar-refractivity contribution is 0.0967. The second-order valence-electron chi connectivity index (χ2n) is 6.28. The summed E-state index contributed by atoms with van der Waals surface area (Å²) >= 11 is 1.34. The Morgan fingerprint density at radius 2 is 2.14 bits per heavy atom. The fourth-order valence-corrected chi connectivity index (χ4v) is 3.79. The zero-order chi connectivity index (χ0) is 20.5. The molecule has 0 saturated heterocycles. The Morgan fingerprint density at radius 3 is 2.90 bits per heavy atom. The number of nitrogens with one attached hydrogen (secondary N) is 2. The van der Waals surface area contributed by atoms with Gasteiger partial charge in [-0.25, -0.2) is 14.1 Å². The zero-order valence-electron chi connectivity index (χ0n) is 16.0. The smallest absolute Gasteiger partial charge is 0.261 e. The Hall–Kier alpha value is -3.46. The van der Waals surface area contributed by atoms with E-state index in [1.54, 1.807) is 36.1 Å². The summed E-state index contributed by atoms with van der Waals surface area (Å²) in [6.07, 6.45) is 1.68. The molecule has 1 amide bonds. The molecule has 29 heavy (non-hydrogen) atoms. The van der Waals surface area contributed by atoms with Crippen LogP contribution < -0.4 is 15.4 Å². The molecule has 0 aliphatic heterocycles. The van der Waals surface area contributed by atoms with Gasteiger partial charge in [-0.1, -0.05) is 6.07 Å². The molecule has 0 bridgehead atoms. The van der Waals surface area contributed by atoms with E-state index in [1.165, 1.54) is 24.5 Å². The van der Waals surface area contributed by atoms with Crippen LogP contribution in [-0.4, -0.2) is 34.8 Å². The van der Waals surface area contributed by atoms with Crippen LogP contribution in [0.2, 0.25) is 0 Å². The van der Waals surface area contributed by atoms with Crippen LogP contribution in [0, 0.1) is 12.7 Å². The molecule has 0 spiro atoms. The van der Waals surface area contributed by atoms with Crippen LogP contribution in [0.15, 0.2) is 41.9 Å². The van der Waals surface area contributed by atoms with Gasteiger partial charge in [0.2, 0.25) is 0 Å². The topological polar surface area (TPSA) is 81.1 Å². The minimum absolute atomic E-state index is 0.146. The van der Waals surface area contributed by atoms with Crippen molar-refractivity contribution in [3.8, 4) is 11.4 Å². The van der Waals surface area contributed by atoms with Crippen LogP contribution in [0.25, 0.3) is 16.7 Å². The van der Waals surface area contributed by atoms with Gasteiger partial charge in [-0.3, -0.25) is 4.79 Å². The number of fused-ring (bicyclic) bond motifs is 1. The van der Waals surface area contributed by atoms with Crippen LogP contribution in [0.4, 0.5) is 15.8 Å². The first-order valence-corrected chi connectivity index (χ1v) is 9.65. The van der Waals surface area contributed by atoms with Crippen molar-refractivity contribution in [2.24, 2.45) is 0 Å². The highest BCUT2D eigenvalue weighted by molar-refractivity contribution is 7.12. The molecule has 0 aliphatic carbocycles. The number of methoxy groups -OCH3 is 1. The van der Waals surface area contributed by atoms with E-state index in [1.807, 2.05) is 18.4 Å². The van der Waals surface area contributed by atoms with Gasteiger partial charge in [0.05, 0.1) is 35.3 Å². The number of amides is 1.